The number of thioether (sulfide) groups is 1. The highest BCUT2D eigenvalue weighted by atomic mass is 32.2. The average Bonchev–Trinajstić information content (AvgIpc) is 2.77. The van der Waals surface area contributed by atoms with Crippen molar-refractivity contribution < 1.29 is 14.5 Å². The van der Waals surface area contributed by atoms with Gasteiger partial charge in [0.2, 0.25) is 5.91 Å². The lowest BCUT2D eigenvalue weighted by atomic mass is 10.1. The zero-order valence-corrected chi connectivity index (χ0v) is 17.9. The molecule has 0 N–H and O–H groups in total. The molecule has 3 rings (SSSR count). The van der Waals surface area contributed by atoms with Gasteiger partial charge in [-0.1, -0.05) is 30.3 Å². The van der Waals surface area contributed by atoms with Crippen molar-refractivity contribution in [1.29, 1.82) is 0 Å². The maximum atomic E-state index is 13.1. The van der Waals surface area contributed by atoms with Gasteiger partial charge in [-0.05, 0) is 24.6 Å². The minimum absolute atomic E-state index is 0.0514. The summed E-state index contributed by atoms with van der Waals surface area (Å²) in [6.07, 6.45) is 0. The van der Waals surface area contributed by atoms with E-state index in [-0.39, 0.29) is 23.4 Å². The summed E-state index contributed by atoms with van der Waals surface area (Å²) in [6, 6.07) is 16.4. The molecule has 7 nitrogen and oxygen atoms in total. The number of rotatable bonds is 9. The Balaban J connectivity index is 1.64. The summed E-state index contributed by atoms with van der Waals surface area (Å²) >= 11 is 1.40. The third-order valence-corrected chi connectivity index (χ3v) is 6.08. The fourth-order valence-electron chi connectivity index (χ4n) is 3.42. The number of carbonyl (C=O) groups is 1. The molecule has 1 fully saturated rings. The van der Waals surface area contributed by atoms with E-state index in [1.807, 2.05) is 35.2 Å². The Labute approximate surface area is 181 Å². The Morgan fingerprint density at radius 3 is 2.47 bits per heavy atom. The molecule has 1 heterocycles. The van der Waals surface area contributed by atoms with Crippen LogP contribution in [-0.4, -0.2) is 65.3 Å². The standard InChI is InChI=1S/C22H27N3O4S/c1-18(15-23-11-13-29-14-12-23)24(16-19-5-3-2-4-6-19)22(26)17-30-21-9-7-20(8-10-21)25(27)28/h2-10,18H,11-17H2,1H3. The van der Waals surface area contributed by atoms with Crippen LogP contribution >= 0.6 is 11.8 Å². The SMILES string of the molecule is CC(CN1CCOCC1)N(Cc1ccccc1)C(=O)CSc1ccc([N+](=O)[O-])cc1. The van der Waals surface area contributed by atoms with Crippen LogP contribution in [0.15, 0.2) is 59.5 Å². The smallest absolute Gasteiger partial charge is 0.269 e. The topological polar surface area (TPSA) is 75.9 Å². The number of hydrogen-bond donors (Lipinski definition) is 0. The molecule has 2 aromatic rings. The number of carbonyl (C=O) groups excluding carboxylic acids is 1. The molecule has 0 bridgehead atoms. The Morgan fingerprint density at radius 2 is 1.83 bits per heavy atom. The van der Waals surface area contributed by atoms with Gasteiger partial charge in [0.15, 0.2) is 0 Å². The molecule has 0 aromatic heterocycles. The van der Waals surface area contributed by atoms with E-state index in [0.29, 0.717) is 6.54 Å². The number of nitro groups is 1. The first kappa shape index (κ1) is 22.3. The molecule has 1 unspecified atom stereocenters. The number of non-ortho nitro benzene ring substituents is 1. The summed E-state index contributed by atoms with van der Waals surface area (Å²) in [5.41, 5.74) is 1.15. The molecular formula is C22H27N3O4S. The maximum absolute atomic E-state index is 13.1. The Kier molecular flexibility index (Phi) is 8.24. The first-order valence-electron chi connectivity index (χ1n) is 10.0. The largest absolute Gasteiger partial charge is 0.379 e. The quantitative estimate of drug-likeness (QED) is 0.345. The molecule has 2 aromatic carbocycles. The van der Waals surface area contributed by atoms with Gasteiger partial charge in [-0.25, -0.2) is 0 Å². The number of amides is 1. The molecular weight excluding hydrogens is 402 g/mol. The highest BCUT2D eigenvalue weighted by Gasteiger charge is 2.23. The first-order chi connectivity index (χ1) is 14.5. The van der Waals surface area contributed by atoms with Crippen LogP contribution in [0.1, 0.15) is 12.5 Å². The lowest BCUT2D eigenvalue weighted by Crippen LogP contribution is -2.48. The van der Waals surface area contributed by atoms with E-state index in [1.165, 1.54) is 23.9 Å². The average molecular weight is 430 g/mol. The van der Waals surface area contributed by atoms with Crippen molar-refractivity contribution in [1.82, 2.24) is 9.80 Å². The van der Waals surface area contributed by atoms with E-state index in [9.17, 15) is 14.9 Å². The molecule has 1 amide bonds. The molecule has 0 saturated carbocycles. The van der Waals surface area contributed by atoms with Gasteiger partial charge in [0.1, 0.15) is 0 Å². The molecule has 0 spiro atoms. The van der Waals surface area contributed by atoms with Crippen LogP contribution in [0, 0.1) is 10.1 Å². The third-order valence-electron chi connectivity index (χ3n) is 5.08. The van der Waals surface area contributed by atoms with Gasteiger partial charge in [0, 0.05) is 49.2 Å². The number of ether oxygens (including phenoxy) is 1. The number of nitrogens with zero attached hydrogens (tertiary/aromatic N) is 3. The van der Waals surface area contributed by atoms with Crippen molar-refractivity contribution in [2.75, 3.05) is 38.6 Å². The predicted octanol–water partition coefficient (Wildman–Crippen LogP) is 3.44. The molecule has 1 aliphatic heterocycles. The number of morpholine rings is 1. The zero-order valence-electron chi connectivity index (χ0n) is 17.1. The molecule has 1 saturated heterocycles. The Bertz CT molecular complexity index is 826. The van der Waals surface area contributed by atoms with Gasteiger partial charge in [-0.2, -0.15) is 0 Å². The summed E-state index contributed by atoms with van der Waals surface area (Å²) < 4.78 is 5.43. The van der Waals surface area contributed by atoms with E-state index in [1.54, 1.807) is 12.1 Å². The molecule has 1 aliphatic rings. The van der Waals surface area contributed by atoms with Crippen LogP contribution in [0.4, 0.5) is 5.69 Å². The molecule has 0 radical (unpaired) electrons. The molecule has 30 heavy (non-hydrogen) atoms. The summed E-state index contributed by atoms with van der Waals surface area (Å²) in [5.74, 6) is 0.348. The number of benzene rings is 2. The third kappa shape index (κ3) is 6.55. The lowest BCUT2D eigenvalue weighted by Gasteiger charge is -2.35. The molecule has 8 heteroatoms. The Hall–Kier alpha value is -2.42. The molecule has 160 valence electrons. The number of nitro benzene ring substituents is 1. The van der Waals surface area contributed by atoms with Crippen LogP contribution in [-0.2, 0) is 16.1 Å². The van der Waals surface area contributed by atoms with E-state index in [2.05, 4.69) is 11.8 Å². The second kappa shape index (κ2) is 11.1. The summed E-state index contributed by atoms with van der Waals surface area (Å²) in [6.45, 7) is 6.69. The van der Waals surface area contributed by atoms with Crippen LogP contribution in [0.3, 0.4) is 0 Å². The van der Waals surface area contributed by atoms with Crippen molar-refractivity contribution in [2.45, 2.75) is 24.4 Å². The van der Waals surface area contributed by atoms with E-state index in [4.69, 9.17) is 4.74 Å². The van der Waals surface area contributed by atoms with E-state index >= 15 is 0 Å². The van der Waals surface area contributed by atoms with Gasteiger partial charge < -0.3 is 9.64 Å². The van der Waals surface area contributed by atoms with Crippen molar-refractivity contribution in [3.05, 3.63) is 70.3 Å². The minimum atomic E-state index is -0.422. The highest BCUT2D eigenvalue weighted by Crippen LogP contribution is 2.22. The van der Waals surface area contributed by atoms with Crippen LogP contribution < -0.4 is 0 Å². The predicted molar refractivity (Wildman–Crippen MR) is 118 cm³/mol. The maximum Gasteiger partial charge on any atom is 0.269 e. The van der Waals surface area contributed by atoms with E-state index in [0.717, 1.165) is 43.3 Å². The minimum Gasteiger partial charge on any atom is -0.379 e. The van der Waals surface area contributed by atoms with E-state index < -0.39 is 4.92 Å². The second-order valence-corrected chi connectivity index (χ2v) is 8.36. The summed E-state index contributed by atoms with van der Waals surface area (Å²) in [5, 5.41) is 10.8. The van der Waals surface area contributed by atoms with Crippen molar-refractivity contribution in [3.8, 4) is 0 Å². The fraction of sp³-hybridized carbons (Fsp3) is 0.409. The van der Waals surface area contributed by atoms with Gasteiger partial charge in [-0.15, -0.1) is 11.8 Å². The number of hydrogen-bond acceptors (Lipinski definition) is 6. The van der Waals surface area contributed by atoms with Gasteiger partial charge in [0.25, 0.3) is 5.69 Å². The van der Waals surface area contributed by atoms with Crippen molar-refractivity contribution in [2.24, 2.45) is 0 Å². The fourth-order valence-corrected chi connectivity index (χ4v) is 4.20. The monoisotopic (exact) mass is 429 g/mol. The molecule has 0 aliphatic carbocycles. The first-order valence-corrected chi connectivity index (χ1v) is 11.0. The second-order valence-electron chi connectivity index (χ2n) is 7.31. The highest BCUT2D eigenvalue weighted by molar-refractivity contribution is 8.00. The summed E-state index contributed by atoms with van der Waals surface area (Å²) in [4.78, 5) is 28.6. The molecule has 1 atom stereocenters. The summed E-state index contributed by atoms with van der Waals surface area (Å²) in [7, 11) is 0. The van der Waals surface area contributed by atoms with Gasteiger partial charge in [-0.3, -0.25) is 19.8 Å². The van der Waals surface area contributed by atoms with Crippen molar-refractivity contribution in [3.63, 3.8) is 0 Å². The van der Waals surface area contributed by atoms with Crippen LogP contribution in [0.25, 0.3) is 0 Å². The van der Waals surface area contributed by atoms with Crippen molar-refractivity contribution >= 4 is 23.4 Å². The van der Waals surface area contributed by atoms with Gasteiger partial charge in [0.05, 0.1) is 23.9 Å². The lowest BCUT2D eigenvalue weighted by molar-refractivity contribution is -0.384. The van der Waals surface area contributed by atoms with Crippen LogP contribution in [0.5, 0.6) is 0 Å². The zero-order chi connectivity index (χ0) is 21.3. The van der Waals surface area contributed by atoms with Gasteiger partial charge >= 0.3 is 0 Å². The normalized spacial score (nSPS) is 15.5. The van der Waals surface area contributed by atoms with Crippen LogP contribution in [0.2, 0.25) is 0 Å². The Morgan fingerprint density at radius 1 is 1.17 bits per heavy atom.